The number of halogens is 1. The van der Waals surface area contributed by atoms with Gasteiger partial charge in [0, 0.05) is 0 Å². The first-order chi connectivity index (χ1) is 15.4. The molecule has 178 valence electrons. The summed E-state index contributed by atoms with van der Waals surface area (Å²) in [5, 5.41) is 21.8. The first-order valence-electron chi connectivity index (χ1n) is 11.3. The van der Waals surface area contributed by atoms with Crippen LogP contribution >= 0.6 is 19.8 Å². The quantitative estimate of drug-likeness (QED) is 0.310. The second kappa shape index (κ2) is 10.9. The van der Waals surface area contributed by atoms with Crippen LogP contribution in [0.5, 0.6) is 11.5 Å². The van der Waals surface area contributed by atoms with Crippen LogP contribution in [0.15, 0.2) is 36.4 Å². The van der Waals surface area contributed by atoms with E-state index >= 15 is 0 Å². The fourth-order valence-corrected chi connectivity index (χ4v) is 11.5. The predicted octanol–water partition coefficient (Wildman–Crippen LogP) is 5.21. The van der Waals surface area contributed by atoms with Crippen molar-refractivity contribution in [1.29, 1.82) is 0 Å². The van der Waals surface area contributed by atoms with Gasteiger partial charge in [0.1, 0.15) is 0 Å². The summed E-state index contributed by atoms with van der Waals surface area (Å²) in [6.07, 6.45) is 0. The van der Waals surface area contributed by atoms with E-state index in [4.69, 9.17) is 9.47 Å². The van der Waals surface area contributed by atoms with Crippen LogP contribution < -0.4 is 9.80 Å². The van der Waals surface area contributed by atoms with Gasteiger partial charge in [0.2, 0.25) is 0 Å². The van der Waals surface area contributed by atoms with Gasteiger partial charge in [-0.25, -0.2) is 0 Å². The second-order valence-corrected chi connectivity index (χ2v) is 13.3. The summed E-state index contributed by atoms with van der Waals surface area (Å²) >= 11 is -2.04. The van der Waals surface area contributed by atoms with Gasteiger partial charge in [-0.2, -0.15) is 0 Å². The number of alkyl halides is 2. The van der Waals surface area contributed by atoms with Crippen molar-refractivity contribution in [2.75, 3.05) is 50.2 Å². The van der Waals surface area contributed by atoms with E-state index in [2.05, 4.69) is 49.6 Å². The number of aromatic hydroxyl groups is 2. The van der Waals surface area contributed by atoms with Crippen LogP contribution in [0.3, 0.4) is 0 Å². The molecule has 1 fully saturated rings. The van der Waals surface area contributed by atoms with Crippen LogP contribution in [0.1, 0.15) is 39.2 Å². The van der Waals surface area contributed by atoms with Crippen molar-refractivity contribution >= 4 is 31.2 Å². The normalized spacial score (nSPS) is 21.3. The molecule has 32 heavy (non-hydrogen) atoms. The van der Waals surface area contributed by atoms with E-state index in [1.807, 2.05) is 24.3 Å². The number of benzene rings is 2. The van der Waals surface area contributed by atoms with Gasteiger partial charge in [-0.05, 0) is 0 Å². The molecule has 0 radical (unpaired) electrons. The van der Waals surface area contributed by atoms with E-state index in [1.165, 1.54) is 0 Å². The molecule has 2 N–H and O–H groups in total. The molecule has 3 rings (SSSR count). The van der Waals surface area contributed by atoms with Gasteiger partial charge < -0.3 is 0 Å². The maximum absolute atomic E-state index is 10.9. The topological polar surface area (TPSA) is 65.4 Å². The molecule has 1 aliphatic rings. The molecule has 0 aromatic heterocycles. The molecule has 0 bridgehead atoms. The van der Waals surface area contributed by atoms with Gasteiger partial charge in [-0.15, -0.1) is 0 Å². The van der Waals surface area contributed by atoms with Gasteiger partial charge >= 0.3 is 200 Å². The van der Waals surface area contributed by atoms with Crippen LogP contribution in [0.2, 0.25) is 0 Å². The number of rotatable bonds is 10. The Morgan fingerprint density at radius 3 is 1.62 bits per heavy atom. The number of hydrogen-bond donors (Lipinski definition) is 2. The summed E-state index contributed by atoms with van der Waals surface area (Å²) in [4.78, 5) is 4.42. The Morgan fingerprint density at radius 2 is 1.22 bits per heavy atom. The van der Waals surface area contributed by atoms with Crippen LogP contribution in [0, 0.1) is 3.57 Å². The molecule has 0 spiro atoms. The molecule has 2 aromatic carbocycles. The van der Waals surface area contributed by atoms with Crippen molar-refractivity contribution in [3.05, 3.63) is 45.5 Å². The molecule has 7 heteroatoms. The number of nitrogens with zero attached hydrogens (tertiary/aromatic N) is 2. The third-order valence-corrected chi connectivity index (χ3v) is 13.7. The average Bonchev–Trinajstić information content (AvgIpc) is 2.78. The summed E-state index contributed by atoms with van der Waals surface area (Å²) < 4.78 is 12.8. The minimum absolute atomic E-state index is 0.0530. The van der Waals surface area contributed by atoms with Crippen LogP contribution in [0.25, 0.3) is 0 Å². The van der Waals surface area contributed by atoms with Gasteiger partial charge in [-0.1, -0.05) is 0 Å². The number of phenols is 2. The standard InChI is InChI=1S/C25H37IN2O4/c1-7-27(8-2)17-11-13-19(21(29)15-17)23-24(31-5)26(25(23)32-6)20-14-12-18(16-22(20)30)28(9-3)10-4/h11-16,23-25,29-30H,7-10H2,1-6H3. The molecule has 6 nitrogen and oxygen atoms in total. The minimum atomic E-state index is -2.04. The molecule has 2 aromatic rings. The van der Waals surface area contributed by atoms with E-state index < -0.39 is 19.8 Å². The molecule has 0 saturated carbocycles. The van der Waals surface area contributed by atoms with Crippen molar-refractivity contribution < 1.29 is 19.7 Å². The third-order valence-electron chi connectivity index (χ3n) is 6.27. The first-order valence-corrected chi connectivity index (χ1v) is 14.9. The predicted molar refractivity (Wildman–Crippen MR) is 140 cm³/mol. The van der Waals surface area contributed by atoms with Crippen LogP contribution in [-0.2, 0) is 9.47 Å². The molecule has 1 aliphatic heterocycles. The molecule has 1 saturated heterocycles. The molecular weight excluding hydrogens is 519 g/mol. The van der Waals surface area contributed by atoms with Crippen molar-refractivity contribution in [1.82, 2.24) is 0 Å². The SMILES string of the molecule is CCN(CC)c1ccc(C2C(OC)I(c3ccc(N(CC)CC)cc3O)C2OC)c(O)c1. The summed E-state index contributed by atoms with van der Waals surface area (Å²) in [7, 11) is 3.44. The number of hydrogen-bond acceptors (Lipinski definition) is 6. The van der Waals surface area contributed by atoms with Crippen LogP contribution in [0.4, 0.5) is 11.4 Å². The van der Waals surface area contributed by atoms with Crippen LogP contribution in [-0.4, -0.2) is 58.8 Å². The van der Waals surface area contributed by atoms with Crippen molar-refractivity contribution in [3.8, 4) is 11.5 Å². The second-order valence-electron chi connectivity index (χ2n) is 7.77. The van der Waals surface area contributed by atoms with E-state index in [0.717, 1.165) is 46.7 Å². The Bertz CT molecular complexity index is 820. The average molecular weight is 556 g/mol. The molecular formula is C25H37IN2O4. The van der Waals surface area contributed by atoms with Gasteiger partial charge in [0.05, 0.1) is 0 Å². The molecule has 2 unspecified atom stereocenters. The van der Waals surface area contributed by atoms with E-state index in [1.54, 1.807) is 14.2 Å². The van der Waals surface area contributed by atoms with Crippen molar-refractivity contribution in [3.63, 3.8) is 0 Å². The fourth-order valence-electron chi connectivity index (χ4n) is 4.52. The van der Waals surface area contributed by atoms with E-state index in [0.29, 0.717) is 5.75 Å². The fraction of sp³-hybridized carbons (Fsp3) is 0.520. The number of ether oxygens (including phenoxy) is 2. The summed E-state index contributed by atoms with van der Waals surface area (Å²) in [5.74, 6) is 0.547. The summed E-state index contributed by atoms with van der Waals surface area (Å²) in [6, 6.07) is 11.9. The monoisotopic (exact) mass is 556 g/mol. The Hall–Kier alpha value is -1.71. The Kier molecular flexibility index (Phi) is 8.52. The summed E-state index contributed by atoms with van der Waals surface area (Å²) in [5.41, 5.74) is 2.89. The van der Waals surface area contributed by atoms with Gasteiger partial charge in [0.15, 0.2) is 0 Å². The molecule has 0 amide bonds. The van der Waals surface area contributed by atoms with E-state index in [-0.39, 0.29) is 19.9 Å². The zero-order valence-electron chi connectivity index (χ0n) is 20.0. The Morgan fingerprint density at radius 1 is 0.750 bits per heavy atom. The van der Waals surface area contributed by atoms with Gasteiger partial charge in [0.25, 0.3) is 0 Å². The zero-order chi connectivity index (χ0) is 23.4. The van der Waals surface area contributed by atoms with E-state index in [9.17, 15) is 10.2 Å². The first kappa shape index (κ1) is 24.9. The maximum atomic E-state index is 10.9. The molecule has 0 aliphatic carbocycles. The number of methoxy groups -OCH3 is 2. The van der Waals surface area contributed by atoms with Crippen molar-refractivity contribution in [2.45, 2.75) is 41.8 Å². The summed E-state index contributed by atoms with van der Waals surface area (Å²) in [6.45, 7) is 12.0. The van der Waals surface area contributed by atoms with Crippen molar-refractivity contribution in [2.24, 2.45) is 0 Å². The molecule has 1 heterocycles. The number of anilines is 2. The number of phenolic OH excluding ortho intramolecular Hbond substituents is 2. The van der Waals surface area contributed by atoms with Gasteiger partial charge in [-0.3, -0.25) is 0 Å². The zero-order valence-corrected chi connectivity index (χ0v) is 22.2. The Labute approximate surface area is 199 Å². The molecule has 2 atom stereocenters. The third kappa shape index (κ3) is 4.52. The Balaban J connectivity index is 1.92.